The molecule has 0 aliphatic carbocycles. The average Bonchev–Trinajstić information content (AvgIpc) is 2.89. The van der Waals surface area contributed by atoms with Crippen LogP contribution in [0.4, 0.5) is 0 Å². The van der Waals surface area contributed by atoms with Crippen molar-refractivity contribution in [3.8, 4) is 5.75 Å². The van der Waals surface area contributed by atoms with Gasteiger partial charge in [-0.1, -0.05) is 12.1 Å². The van der Waals surface area contributed by atoms with Crippen LogP contribution in [0.3, 0.4) is 0 Å². The zero-order valence-electron chi connectivity index (χ0n) is 9.83. The molecule has 1 aromatic carbocycles. The molecule has 0 aliphatic rings. The summed E-state index contributed by atoms with van der Waals surface area (Å²) in [5.41, 5.74) is 2.12. The van der Waals surface area contributed by atoms with Crippen molar-refractivity contribution in [2.75, 3.05) is 13.4 Å². The fourth-order valence-corrected chi connectivity index (χ4v) is 2.10. The second kappa shape index (κ2) is 5.59. The molecule has 4 heteroatoms. The minimum Gasteiger partial charge on any atom is -0.496 e. The first-order valence-electron chi connectivity index (χ1n) is 5.21. The fraction of sp³-hybridized carbons (Fsp3) is 0.154. The number of aromatic nitrogens is 2. The molecule has 0 bridgehead atoms. The highest BCUT2D eigenvalue weighted by Gasteiger charge is 2.08. The maximum absolute atomic E-state index is 5.39. The molecule has 0 saturated heterocycles. The van der Waals surface area contributed by atoms with E-state index in [1.165, 1.54) is 0 Å². The number of hydrogen-bond acceptors (Lipinski definition) is 3. The number of para-hydroxylation sites is 1. The van der Waals surface area contributed by atoms with E-state index >= 15 is 0 Å². The number of imidazole rings is 1. The Bertz CT molecular complexity index is 506. The van der Waals surface area contributed by atoms with Crippen LogP contribution < -0.4 is 4.74 Å². The molecule has 2 rings (SSSR count). The topological polar surface area (TPSA) is 27.1 Å². The Labute approximate surface area is 105 Å². The molecule has 2 aromatic rings. The molecule has 0 spiro atoms. The Morgan fingerprint density at radius 2 is 2.24 bits per heavy atom. The van der Waals surface area contributed by atoms with Gasteiger partial charge in [-0.3, -0.25) is 0 Å². The Morgan fingerprint density at radius 3 is 2.88 bits per heavy atom. The van der Waals surface area contributed by atoms with Gasteiger partial charge in [-0.15, -0.1) is 11.8 Å². The van der Waals surface area contributed by atoms with Crippen molar-refractivity contribution in [3.05, 3.63) is 54.0 Å². The van der Waals surface area contributed by atoms with Crippen molar-refractivity contribution in [3.63, 3.8) is 0 Å². The third-order valence-electron chi connectivity index (χ3n) is 2.39. The fourth-order valence-electron chi connectivity index (χ4n) is 1.63. The summed E-state index contributed by atoms with van der Waals surface area (Å²) in [5, 5.41) is 2.08. The van der Waals surface area contributed by atoms with Crippen molar-refractivity contribution in [1.29, 1.82) is 0 Å². The predicted molar refractivity (Wildman–Crippen MR) is 72.1 cm³/mol. The zero-order chi connectivity index (χ0) is 12.1. The van der Waals surface area contributed by atoms with E-state index in [1.807, 2.05) is 41.3 Å². The molecule has 3 nitrogen and oxygen atoms in total. The van der Waals surface area contributed by atoms with Gasteiger partial charge in [-0.25, -0.2) is 4.98 Å². The highest BCUT2D eigenvalue weighted by Crippen LogP contribution is 2.28. The van der Waals surface area contributed by atoms with Crippen LogP contribution >= 0.6 is 11.8 Å². The maximum Gasteiger partial charge on any atom is 0.128 e. The number of rotatable bonds is 4. The number of nitrogens with zero attached hydrogens (tertiary/aromatic N) is 2. The monoisotopic (exact) mass is 246 g/mol. The minimum absolute atomic E-state index is 0.862. The van der Waals surface area contributed by atoms with Crippen LogP contribution in [-0.2, 0) is 0 Å². The van der Waals surface area contributed by atoms with Crippen molar-refractivity contribution in [2.24, 2.45) is 0 Å². The van der Waals surface area contributed by atoms with Gasteiger partial charge in [0.2, 0.25) is 0 Å². The number of hydrogen-bond donors (Lipinski definition) is 0. The number of benzene rings is 1. The highest BCUT2D eigenvalue weighted by molar-refractivity contribution is 8.01. The van der Waals surface area contributed by atoms with E-state index in [0.29, 0.717) is 0 Å². The molecular formula is C13H14N2OS. The molecule has 88 valence electrons. The molecule has 0 saturated carbocycles. The Kier molecular flexibility index (Phi) is 3.88. The van der Waals surface area contributed by atoms with Gasteiger partial charge in [-0.2, -0.15) is 0 Å². The van der Waals surface area contributed by atoms with Crippen LogP contribution in [0, 0.1) is 0 Å². The summed E-state index contributed by atoms with van der Waals surface area (Å²) in [5.74, 6) is 0.862. The van der Waals surface area contributed by atoms with Crippen LogP contribution in [0.1, 0.15) is 5.56 Å². The maximum atomic E-state index is 5.39. The van der Waals surface area contributed by atoms with Gasteiger partial charge < -0.3 is 9.30 Å². The van der Waals surface area contributed by atoms with Crippen LogP contribution in [0.5, 0.6) is 5.75 Å². The second-order valence-electron chi connectivity index (χ2n) is 3.41. The molecule has 0 unspecified atom stereocenters. The molecule has 17 heavy (non-hydrogen) atoms. The van der Waals surface area contributed by atoms with Crippen LogP contribution in [0.25, 0.3) is 5.70 Å². The SMILES string of the molecule is COc1ccccc1/C(=C\SC)n1ccnc1. The molecule has 0 N–H and O–H groups in total. The van der Waals surface area contributed by atoms with Gasteiger partial charge in [0.25, 0.3) is 0 Å². The van der Waals surface area contributed by atoms with E-state index < -0.39 is 0 Å². The van der Waals surface area contributed by atoms with E-state index in [-0.39, 0.29) is 0 Å². The molecule has 0 aliphatic heterocycles. The van der Waals surface area contributed by atoms with Crippen LogP contribution in [0.15, 0.2) is 48.4 Å². The number of ether oxygens (including phenoxy) is 1. The predicted octanol–water partition coefficient (Wildman–Crippen LogP) is 3.10. The summed E-state index contributed by atoms with van der Waals surface area (Å²) in [4.78, 5) is 4.08. The normalized spacial score (nSPS) is 11.5. The van der Waals surface area contributed by atoms with E-state index in [4.69, 9.17) is 4.74 Å². The zero-order valence-corrected chi connectivity index (χ0v) is 10.6. The lowest BCUT2D eigenvalue weighted by molar-refractivity contribution is 0.413. The lowest BCUT2D eigenvalue weighted by Crippen LogP contribution is -1.98. The molecule has 0 fully saturated rings. The molecular weight excluding hydrogens is 232 g/mol. The lowest BCUT2D eigenvalue weighted by atomic mass is 10.1. The van der Waals surface area contributed by atoms with Crippen LogP contribution in [0.2, 0.25) is 0 Å². The summed E-state index contributed by atoms with van der Waals surface area (Å²) in [6.45, 7) is 0. The standard InChI is InChI=1S/C13H14N2OS/c1-16-13-6-4-3-5-11(13)12(9-17-2)15-8-7-14-10-15/h3-10H,1-2H3/b12-9+. The van der Waals surface area contributed by atoms with Gasteiger partial charge in [0.15, 0.2) is 0 Å². The first-order chi connectivity index (χ1) is 8.36. The van der Waals surface area contributed by atoms with Crippen molar-refractivity contribution >= 4 is 17.5 Å². The summed E-state index contributed by atoms with van der Waals surface area (Å²) < 4.78 is 7.37. The summed E-state index contributed by atoms with van der Waals surface area (Å²) >= 11 is 1.66. The largest absolute Gasteiger partial charge is 0.496 e. The van der Waals surface area contributed by atoms with Gasteiger partial charge in [0, 0.05) is 18.0 Å². The summed E-state index contributed by atoms with van der Waals surface area (Å²) in [7, 11) is 1.68. The van der Waals surface area contributed by atoms with Gasteiger partial charge in [-0.05, 0) is 23.8 Å². The number of methoxy groups -OCH3 is 1. The van der Waals surface area contributed by atoms with E-state index in [0.717, 1.165) is 17.0 Å². The molecule has 1 heterocycles. The van der Waals surface area contributed by atoms with Gasteiger partial charge in [0.1, 0.15) is 5.75 Å². The lowest BCUT2D eigenvalue weighted by Gasteiger charge is -2.12. The Balaban J connectivity index is 2.51. The van der Waals surface area contributed by atoms with Gasteiger partial charge in [0.05, 0.1) is 19.1 Å². The van der Waals surface area contributed by atoms with E-state index in [9.17, 15) is 0 Å². The third kappa shape index (κ3) is 2.53. The molecule has 1 aromatic heterocycles. The average molecular weight is 246 g/mol. The second-order valence-corrected chi connectivity index (χ2v) is 4.12. The summed E-state index contributed by atoms with van der Waals surface area (Å²) in [6, 6.07) is 7.97. The molecule has 0 atom stereocenters. The van der Waals surface area contributed by atoms with Crippen LogP contribution in [-0.4, -0.2) is 22.9 Å². The third-order valence-corrected chi connectivity index (χ3v) is 2.85. The van der Waals surface area contributed by atoms with Crippen molar-refractivity contribution in [2.45, 2.75) is 0 Å². The van der Waals surface area contributed by atoms with E-state index in [2.05, 4.69) is 10.4 Å². The number of thioether (sulfide) groups is 1. The van der Waals surface area contributed by atoms with Crippen molar-refractivity contribution in [1.82, 2.24) is 9.55 Å². The summed E-state index contributed by atoms with van der Waals surface area (Å²) in [6.07, 6.45) is 7.51. The van der Waals surface area contributed by atoms with Crippen molar-refractivity contribution < 1.29 is 4.74 Å². The molecule has 0 amide bonds. The molecule has 0 radical (unpaired) electrons. The van der Waals surface area contributed by atoms with Gasteiger partial charge >= 0.3 is 0 Å². The first kappa shape index (κ1) is 11.8. The Hall–Kier alpha value is -1.68. The minimum atomic E-state index is 0.862. The Morgan fingerprint density at radius 1 is 1.41 bits per heavy atom. The highest BCUT2D eigenvalue weighted by atomic mass is 32.2. The van der Waals surface area contributed by atoms with E-state index in [1.54, 1.807) is 31.4 Å². The smallest absolute Gasteiger partial charge is 0.128 e. The quantitative estimate of drug-likeness (QED) is 0.829. The first-order valence-corrected chi connectivity index (χ1v) is 6.50.